The number of carbonyl (C=O) groups is 2. The van der Waals surface area contributed by atoms with Crippen LogP contribution in [0.5, 0.6) is 5.75 Å². The lowest BCUT2D eigenvalue weighted by molar-refractivity contribution is -0.274. The van der Waals surface area contributed by atoms with Gasteiger partial charge in [-0.1, -0.05) is 12.1 Å². The summed E-state index contributed by atoms with van der Waals surface area (Å²) < 4.78 is 44.9. The van der Waals surface area contributed by atoms with E-state index >= 15 is 0 Å². The smallest absolute Gasteiger partial charge is 0.469 e. The lowest BCUT2D eigenvalue weighted by Crippen LogP contribution is -2.30. The molecule has 1 rings (SSSR count). The molecule has 0 atom stereocenters. The molecule has 6 nitrogen and oxygen atoms in total. The fraction of sp³-hybridized carbons (Fsp3) is 0.385. The molecule has 0 aromatic heterocycles. The number of methoxy groups -OCH3 is 1. The van der Waals surface area contributed by atoms with E-state index in [1.165, 1.54) is 25.3 Å². The third kappa shape index (κ3) is 6.82. The van der Waals surface area contributed by atoms with Gasteiger partial charge in [0.15, 0.2) is 5.75 Å². The van der Waals surface area contributed by atoms with Gasteiger partial charge in [0.2, 0.25) is 0 Å². The van der Waals surface area contributed by atoms with Gasteiger partial charge in [0.25, 0.3) is 0 Å². The summed E-state index contributed by atoms with van der Waals surface area (Å²) in [5.41, 5.74) is -0.120. The van der Waals surface area contributed by atoms with Crippen molar-refractivity contribution in [3.05, 3.63) is 24.3 Å². The van der Waals surface area contributed by atoms with Crippen LogP contribution in [0.1, 0.15) is 12.8 Å². The second kappa shape index (κ2) is 8.11. The van der Waals surface area contributed by atoms with Crippen molar-refractivity contribution in [1.82, 2.24) is 5.32 Å². The molecular weight excluding hydrogens is 305 g/mol. The molecule has 0 aliphatic heterocycles. The summed E-state index contributed by atoms with van der Waals surface area (Å²) in [4.78, 5) is 22.4. The van der Waals surface area contributed by atoms with E-state index in [1.54, 1.807) is 0 Å². The molecule has 0 heterocycles. The zero-order chi connectivity index (χ0) is 16.6. The Morgan fingerprint density at radius 1 is 1.23 bits per heavy atom. The zero-order valence-corrected chi connectivity index (χ0v) is 11.7. The Morgan fingerprint density at radius 2 is 1.91 bits per heavy atom. The number of rotatable bonds is 6. The number of urea groups is 1. The standard InChI is InChI=1S/C13H15F3N2O4/c1-21-11(19)7-4-8-17-12(20)18-9-5-2-3-6-10(9)22-13(14,15)16/h2-3,5-6H,4,7-8H2,1H3,(H2,17,18,20). The second-order valence-corrected chi connectivity index (χ2v) is 4.10. The Hall–Kier alpha value is -2.45. The van der Waals surface area contributed by atoms with Crippen molar-refractivity contribution in [1.29, 1.82) is 0 Å². The average molecular weight is 320 g/mol. The van der Waals surface area contributed by atoms with Gasteiger partial charge in [-0.3, -0.25) is 4.79 Å². The molecule has 9 heteroatoms. The van der Waals surface area contributed by atoms with E-state index in [9.17, 15) is 22.8 Å². The molecule has 122 valence electrons. The van der Waals surface area contributed by atoms with E-state index in [0.717, 1.165) is 6.07 Å². The molecule has 0 spiro atoms. The summed E-state index contributed by atoms with van der Waals surface area (Å²) in [5.74, 6) is -0.925. The summed E-state index contributed by atoms with van der Waals surface area (Å²) in [6.45, 7) is 0.170. The van der Waals surface area contributed by atoms with Crippen molar-refractivity contribution < 1.29 is 32.2 Å². The minimum Gasteiger partial charge on any atom is -0.469 e. The predicted octanol–water partition coefficient (Wildman–Crippen LogP) is 2.66. The molecule has 0 unspecified atom stereocenters. The Morgan fingerprint density at radius 3 is 2.55 bits per heavy atom. The third-order valence-electron chi connectivity index (χ3n) is 2.43. The SMILES string of the molecule is COC(=O)CCCNC(=O)Nc1ccccc1OC(F)(F)F. The van der Waals surface area contributed by atoms with E-state index < -0.39 is 24.1 Å². The van der Waals surface area contributed by atoms with Crippen LogP contribution in [-0.4, -0.2) is 32.0 Å². The number of para-hydroxylation sites is 2. The number of anilines is 1. The number of alkyl halides is 3. The first-order valence-corrected chi connectivity index (χ1v) is 6.28. The molecule has 2 amide bonds. The van der Waals surface area contributed by atoms with Gasteiger partial charge in [-0.15, -0.1) is 13.2 Å². The van der Waals surface area contributed by atoms with Gasteiger partial charge in [-0.05, 0) is 18.6 Å². The summed E-state index contributed by atoms with van der Waals surface area (Å²) in [6.07, 6.45) is -4.37. The summed E-state index contributed by atoms with van der Waals surface area (Å²) >= 11 is 0. The van der Waals surface area contributed by atoms with Crippen LogP contribution in [0.4, 0.5) is 23.7 Å². The molecule has 0 aliphatic rings. The van der Waals surface area contributed by atoms with Crippen molar-refractivity contribution in [3.8, 4) is 5.75 Å². The molecule has 0 fully saturated rings. The largest absolute Gasteiger partial charge is 0.573 e. The van der Waals surface area contributed by atoms with Crippen LogP contribution in [0.3, 0.4) is 0 Å². The van der Waals surface area contributed by atoms with Crippen LogP contribution in [0.15, 0.2) is 24.3 Å². The van der Waals surface area contributed by atoms with Gasteiger partial charge in [-0.25, -0.2) is 4.79 Å². The first-order valence-electron chi connectivity index (χ1n) is 6.28. The topological polar surface area (TPSA) is 76.7 Å². The average Bonchev–Trinajstić information content (AvgIpc) is 2.44. The van der Waals surface area contributed by atoms with Gasteiger partial charge in [0.1, 0.15) is 0 Å². The monoisotopic (exact) mass is 320 g/mol. The lowest BCUT2D eigenvalue weighted by Gasteiger charge is -2.14. The zero-order valence-electron chi connectivity index (χ0n) is 11.7. The van der Waals surface area contributed by atoms with Gasteiger partial charge in [0.05, 0.1) is 12.8 Å². The number of esters is 1. The van der Waals surface area contributed by atoms with Crippen molar-refractivity contribution >= 4 is 17.7 Å². The first-order chi connectivity index (χ1) is 10.3. The minimum absolute atomic E-state index is 0.120. The molecule has 0 radical (unpaired) electrons. The highest BCUT2D eigenvalue weighted by atomic mass is 19.4. The maximum absolute atomic E-state index is 12.2. The molecule has 22 heavy (non-hydrogen) atoms. The highest BCUT2D eigenvalue weighted by Gasteiger charge is 2.32. The van der Waals surface area contributed by atoms with Crippen LogP contribution in [0, 0.1) is 0 Å². The molecule has 0 aliphatic carbocycles. The quantitative estimate of drug-likeness (QED) is 0.624. The molecule has 0 saturated carbocycles. The number of hydrogen-bond donors (Lipinski definition) is 2. The summed E-state index contributed by atoms with van der Waals surface area (Å²) in [6, 6.07) is 4.45. The van der Waals surface area contributed by atoms with Crippen molar-refractivity contribution in [2.45, 2.75) is 19.2 Å². The highest BCUT2D eigenvalue weighted by Crippen LogP contribution is 2.29. The van der Waals surface area contributed by atoms with Gasteiger partial charge in [-0.2, -0.15) is 0 Å². The first kappa shape index (κ1) is 17.6. The fourth-order valence-corrected chi connectivity index (χ4v) is 1.49. The van der Waals surface area contributed by atoms with Crippen LogP contribution >= 0.6 is 0 Å². The number of halogens is 3. The molecular formula is C13H15F3N2O4. The third-order valence-corrected chi connectivity index (χ3v) is 2.43. The predicted molar refractivity (Wildman–Crippen MR) is 71.4 cm³/mol. The second-order valence-electron chi connectivity index (χ2n) is 4.10. The van der Waals surface area contributed by atoms with E-state index in [4.69, 9.17) is 0 Å². The Balaban J connectivity index is 2.49. The van der Waals surface area contributed by atoms with E-state index in [0.29, 0.717) is 6.42 Å². The fourth-order valence-electron chi connectivity index (χ4n) is 1.49. The maximum Gasteiger partial charge on any atom is 0.573 e. The Labute approximate surface area is 124 Å². The molecule has 2 N–H and O–H groups in total. The van der Waals surface area contributed by atoms with Gasteiger partial charge in [0, 0.05) is 13.0 Å². The molecule has 0 saturated heterocycles. The number of ether oxygens (including phenoxy) is 2. The Kier molecular flexibility index (Phi) is 6.48. The van der Waals surface area contributed by atoms with Crippen molar-refractivity contribution in [3.63, 3.8) is 0 Å². The van der Waals surface area contributed by atoms with Crippen LogP contribution in [0.2, 0.25) is 0 Å². The molecule has 1 aromatic carbocycles. The van der Waals surface area contributed by atoms with Crippen molar-refractivity contribution in [2.24, 2.45) is 0 Å². The maximum atomic E-state index is 12.2. The number of amides is 2. The van der Waals surface area contributed by atoms with Gasteiger partial charge < -0.3 is 20.1 Å². The van der Waals surface area contributed by atoms with Crippen molar-refractivity contribution in [2.75, 3.05) is 19.0 Å². The lowest BCUT2D eigenvalue weighted by atomic mass is 10.3. The van der Waals surface area contributed by atoms with E-state index in [-0.39, 0.29) is 18.7 Å². The molecule has 1 aromatic rings. The molecule has 0 bridgehead atoms. The van der Waals surface area contributed by atoms with Gasteiger partial charge >= 0.3 is 18.4 Å². The minimum atomic E-state index is -4.85. The number of carbonyl (C=O) groups excluding carboxylic acids is 2. The summed E-state index contributed by atoms with van der Waals surface area (Å²) in [5, 5.41) is 4.65. The van der Waals surface area contributed by atoms with E-state index in [2.05, 4.69) is 20.1 Å². The van der Waals surface area contributed by atoms with Crippen LogP contribution in [-0.2, 0) is 9.53 Å². The highest BCUT2D eigenvalue weighted by molar-refractivity contribution is 5.90. The van der Waals surface area contributed by atoms with Crippen LogP contribution in [0.25, 0.3) is 0 Å². The number of hydrogen-bond acceptors (Lipinski definition) is 4. The van der Waals surface area contributed by atoms with Crippen LogP contribution < -0.4 is 15.4 Å². The van der Waals surface area contributed by atoms with E-state index in [1.807, 2.05) is 0 Å². The summed E-state index contributed by atoms with van der Waals surface area (Å²) in [7, 11) is 1.25. The number of benzene rings is 1. The Bertz CT molecular complexity index is 520. The number of nitrogens with one attached hydrogen (secondary N) is 2. The normalized spacial score (nSPS) is 10.7.